The number of fused-ring (bicyclic) bond motifs is 1. The van der Waals surface area contributed by atoms with Crippen molar-refractivity contribution in [3.63, 3.8) is 0 Å². The molecule has 1 N–H and O–H groups in total. The highest BCUT2D eigenvalue weighted by atomic mass is 16.5. The molecule has 0 radical (unpaired) electrons. The van der Waals surface area contributed by atoms with Gasteiger partial charge in [0.05, 0.1) is 12.1 Å². The van der Waals surface area contributed by atoms with Gasteiger partial charge >= 0.3 is 0 Å². The van der Waals surface area contributed by atoms with Crippen LogP contribution >= 0.6 is 0 Å². The van der Waals surface area contributed by atoms with E-state index < -0.39 is 0 Å². The molecule has 0 amide bonds. The summed E-state index contributed by atoms with van der Waals surface area (Å²) in [5.41, 5.74) is 2.06. The summed E-state index contributed by atoms with van der Waals surface area (Å²) < 4.78 is 7.29. The van der Waals surface area contributed by atoms with E-state index in [1.54, 1.807) is 4.52 Å². The van der Waals surface area contributed by atoms with E-state index in [9.17, 15) is 0 Å². The van der Waals surface area contributed by atoms with E-state index in [0.717, 1.165) is 18.7 Å². The fourth-order valence-corrected chi connectivity index (χ4v) is 2.13. The van der Waals surface area contributed by atoms with Gasteiger partial charge in [0.1, 0.15) is 0 Å². The Morgan fingerprint density at radius 1 is 1.53 bits per heavy atom. The van der Waals surface area contributed by atoms with Crippen molar-refractivity contribution in [1.82, 2.24) is 14.6 Å². The monoisotopic (exact) mass is 232 g/mol. The molecule has 1 aliphatic rings. The summed E-state index contributed by atoms with van der Waals surface area (Å²) in [6.45, 7) is 4.94. The molecule has 1 fully saturated rings. The lowest BCUT2D eigenvalue weighted by molar-refractivity contribution is 0.121. The van der Waals surface area contributed by atoms with Gasteiger partial charge in [0.25, 0.3) is 0 Å². The molecule has 0 saturated carbocycles. The highest BCUT2D eigenvalue weighted by molar-refractivity contribution is 5.45. The van der Waals surface area contributed by atoms with Gasteiger partial charge in [0.15, 0.2) is 5.65 Å². The molecule has 3 heterocycles. The second-order valence-corrected chi connectivity index (χ2v) is 4.56. The molecular formula is C12H16N4O. The minimum Gasteiger partial charge on any atom is -0.376 e. The van der Waals surface area contributed by atoms with Crippen LogP contribution in [0.15, 0.2) is 18.3 Å². The molecule has 0 aromatic carbocycles. The third-order valence-corrected chi connectivity index (χ3v) is 3.18. The predicted octanol–water partition coefficient (Wildman–Crippen LogP) is 1.63. The standard InChI is InChI=1S/C12H16N4O/c1-8-3-5-16-11(7-8)14-12(15-16)13-10-4-6-17-9(10)2/h3,5,7,9-10H,4,6H2,1-2H3,(H,13,15). The van der Waals surface area contributed by atoms with Crippen molar-refractivity contribution in [3.05, 3.63) is 23.9 Å². The summed E-state index contributed by atoms with van der Waals surface area (Å²) in [6.07, 6.45) is 3.16. The topological polar surface area (TPSA) is 51.5 Å². The molecule has 17 heavy (non-hydrogen) atoms. The number of nitrogens with one attached hydrogen (secondary N) is 1. The van der Waals surface area contributed by atoms with Crippen LogP contribution in [-0.4, -0.2) is 33.4 Å². The molecule has 0 bridgehead atoms. The van der Waals surface area contributed by atoms with E-state index in [4.69, 9.17) is 4.74 Å². The maximum Gasteiger partial charge on any atom is 0.243 e. The Labute approximate surface area is 99.8 Å². The van der Waals surface area contributed by atoms with E-state index in [2.05, 4.69) is 29.2 Å². The van der Waals surface area contributed by atoms with Crippen LogP contribution in [0, 0.1) is 6.92 Å². The molecule has 1 saturated heterocycles. The van der Waals surface area contributed by atoms with Crippen molar-refractivity contribution in [2.75, 3.05) is 11.9 Å². The average Bonchev–Trinajstić information content (AvgIpc) is 2.85. The van der Waals surface area contributed by atoms with E-state index in [1.807, 2.05) is 18.3 Å². The zero-order valence-corrected chi connectivity index (χ0v) is 10.1. The Kier molecular flexibility index (Phi) is 2.48. The number of anilines is 1. The molecule has 1 aliphatic heterocycles. The van der Waals surface area contributed by atoms with E-state index >= 15 is 0 Å². The van der Waals surface area contributed by atoms with Crippen LogP contribution in [0.2, 0.25) is 0 Å². The summed E-state index contributed by atoms with van der Waals surface area (Å²) in [5, 5.41) is 7.72. The summed E-state index contributed by atoms with van der Waals surface area (Å²) in [5.74, 6) is 0.679. The summed E-state index contributed by atoms with van der Waals surface area (Å²) in [7, 11) is 0. The number of ether oxygens (including phenoxy) is 1. The molecule has 90 valence electrons. The first-order valence-electron chi connectivity index (χ1n) is 5.93. The van der Waals surface area contributed by atoms with Crippen LogP contribution in [0.1, 0.15) is 18.9 Å². The van der Waals surface area contributed by atoms with Crippen LogP contribution in [0.3, 0.4) is 0 Å². The van der Waals surface area contributed by atoms with Crippen molar-refractivity contribution >= 4 is 11.6 Å². The number of hydrogen-bond donors (Lipinski definition) is 1. The van der Waals surface area contributed by atoms with Gasteiger partial charge in [0, 0.05) is 12.8 Å². The Hall–Kier alpha value is -1.62. The van der Waals surface area contributed by atoms with Crippen molar-refractivity contribution in [2.45, 2.75) is 32.4 Å². The largest absolute Gasteiger partial charge is 0.376 e. The van der Waals surface area contributed by atoms with Gasteiger partial charge in [-0.1, -0.05) is 0 Å². The fourth-order valence-electron chi connectivity index (χ4n) is 2.13. The first-order valence-corrected chi connectivity index (χ1v) is 5.93. The number of hydrogen-bond acceptors (Lipinski definition) is 4. The molecule has 0 aliphatic carbocycles. The summed E-state index contributed by atoms with van der Waals surface area (Å²) in [4.78, 5) is 4.46. The second kappa shape index (κ2) is 4.00. The quantitative estimate of drug-likeness (QED) is 0.855. The van der Waals surface area contributed by atoms with E-state index in [0.29, 0.717) is 12.0 Å². The highest BCUT2D eigenvalue weighted by Gasteiger charge is 2.24. The van der Waals surface area contributed by atoms with Gasteiger partial charge in [0.2, 0.25) is 5.95 Å². The number of aromatic nitrogens is 3. The van der Waals surface area contributed by atoms with Crippen LogP contribution in [0.5, 0.6) is 0 Å². The van der Waals surface area contributed by atoms with Crippen molar-refractivity contribution in [3.8, 4) is 0 Å². The van der Waals surface area contributed by atoms with Gasteiger partial charge in [-0.2, -0.15) is 4.98 Å². The minimum atomic E-state index is 0.225. The third kappa shape index (κ3) is 1.98. The van der Waals surface area contributed by atoms with Crippen molar-refractivity contribution in [1.29, 1.82) is 0 Å². The van der Waals surface area contributed by atoms with Gasteiger partial charge in [-0.15, -0.1) is 5.10 Å². The summed E-state index contributed by atoms with van der Waals surface area (Å²) >= 11 is 0. The maximum absolute atomic E-state index is 5.51. The van der Waals surface area contributed by atoms with Crippen molar-refractivity contribution < 1.29 is 4.74 Å². The molecule has 2 aromatic rings. The smallest absolute Gasteiger partial charge is 0.243 e. The predicted molar refractivity (Wildman–Crippen MR) is 65.2 cm³/mol. The van der Waals surface area contributed by atoms with Crippen molar-refractivity contribution in [2.24, 2.45) is 0 Å². The Morgan fingerprint density at radius 2 is 2.41 bits per heavy atom. The highest BCUT2D eigenvalue weighted by Crippen LogP contribution is 2.17. The lowest BCUT2D eigenvalue weighted by atomic mass is 10.2. The minimum absolute atomic E-state index is 0.225. The Morgan fingerprint density at radius 3 is 3.18 bits per heavy atom. The number of rotatable bonds is 2. The lowest BCUT2D eigenvalue weighted by Gasteiger charge is -2.13. The number of pyridine rings is 1. The van der Waals surface area contributed by atoms with Crippen LogP contribution in [0.4, 0.5) is 5.95 Å². The van der Waals surface area contributed by atoms with Gasteiger partial charge < -0.3 is 10.1 Å². The average molecular weight is 232 g/mol. The zero-order chi connectivity index (χ0) is 11.8. The first-order chi connectivity index (χ1) is 8.22. The molecule has 3 rings (SSSR count). The number of aryl methyl sites for hydroxylation is 1. The molecule has 0 spiro atoms. The third-order valence-electron chi connectivity index (χ3n) is 3.18. The van der Waals surface area contributed by atoms with Gasteiger partial charge in [-0.25, -0.2) is 4.52 Å². The second-order valence-electron chi connectivity index (χ2n) is 4.56. The van der Waals surface area contributed by atoms with E-state index in [-0.39, 0.29) is 6.10 Å². The normalized spacial score (nSPS) is 24.4. The molecule has 5 heteroatoms. The molecule has 5 nitrogen and oxygen atoms in total. The van der Waals surface area contributed by atoms with E-state index in [1.165, 1.54) is 5.56 Å². The Balaban J connectivity index is 1.85. The molecule has 2 atom stereocenters. The van der Waals surface area contributed by atoms with Gasteiger partial charge in [-0.05, 0) is 38.0 Å². The van der Waals surface area contributed by atoms with Gasteiger partial charge in [-0.3, -0.25) is 0 Å². The molecule has 2 aromatic heterocycles. The van der Waals surface area contributed by atoms with Crippen LogP contribution < -0.4 is 5.32 Å². The number of nitrogens with zero attached hydrogens (tertiary/aromatic N) is 3. The lowest BCUT2D eigenvalue weighted by Crippen LogP contribution is -2.27. The SMILES string of the molecule is Cc1ccn2nc(NC3CCOC3C)nc2c1. The maximum atomic E-state index is 5.51. The first kappa shape index (κ1) is 10.5. The molecule has 2 unspecified atom stereocenters. The summed E-state index contributed by atoms with van der Waals surface area (Å²) in [6, 6.07) is 4.35. The zero-order valence-electron chi connectivity index (χ0n) is 10.1. The Bertz CT molecular complexity index is 536. The molecular weight excluding hydrogens is 216 g/mol. The van der Waals surface area contributed by atoms with Crippen LogP contribution in [-0.2, 0) is 4.74 Å². The van der Waals surface area contributed by atoms with Crippen LogP contribution in [0.25, 0.3) is 5.65 Å². The fraction of sp³-hybridized carbons (Fsp3) is 0.500.